The Hall–Kier alpha value is -1.15. The summed E-state index contributed by atoms with van der Waals surface area (Å²) in [6.07, 6.45) is 9.59. The quantitative estimate of drug-likeness (QED) is 0.550. The van der Waals surface area contributed by atoms with Gasteiger partial charge in [0.05, 0.1) is 0 Å². The fraction of sp³-hybridized carbons (Fsp3) is 0.650. The summed E-state index contributed by atoms with van der Waals surface area (Å²) in [6.45, 7) is 12.3. The number of aliphatic hydroxyl groups excluding tert-OH is 1. The smallest absolute Gasteiger partial charge is 0.165 e. The van der Waals surface area contributed by atoms with Crippen molar-refractivity contribution in [3.63, 3.8) is 0 Å². The van der Waals surface area contributed by atoms with E-state index in [1.54, 1.807) is 0 Å². The Labute approximate surface area is 137 Å². The molecule has 0 saturated heterocycles. The highest BCUT2D eigenvalue weighted by Crippen LogP contribution is 2.15. The molecule has 0 spiro atoms. The van der Waals surface area contributed by atoms with Crippen LogP contribution in [0.2, 0.25) is 0 Å². The van der Waals surface area contributed by atoms with E-state index < -0.39 is 6.10 Å². The molecule has 0 aliphatic rings. The summed E-state index contributed by atoms with van der Waals surface area (Å²) < 4.78 is 0. The molecule has 0 rings (SSSR count). The second-order valence-corrected chi connectivity index (χ2v) is 6.82. The lowest BCUT2D eigenvalue weighted by Crippen LogP contribution is -2.27. The Morgan fingerprint density at radius 3 is 2.05 bits per heavy atom. The van der Waals surface area contributed by atoms with Gasteiger partial charge in [-0.3, -0.25) is 4.79 Å². The van der Waals surface area contributed by atoms with Crippen LogP contribution in [-0.4, -0.2) is 17.0 Å². The third-order valence-electron chi connectivity index (χ3n) is 3.79. The van der Waals surface area contributed by atoms with E-state index in [2.05, 4.69) is 46.8 Å². The van der Waals surface area contributed by atoms with E-state index in [1.165, 1.54) is 16.7 Å². The fourth-order valence-corrected chi connectivity index (χ4v) is 2.20. The number of hydrogen-bond acceptors (Lipinski definition) is 2. The normalized spacial score (nSPS) is 14.2. The molecule has 0 amide bonds. The largest absolute Gasteiger partial charge is 0.385 e. The summed E-state index contributed by atoms with van der Waals surface area (Å²) in [5, 5.41) is 10.1. The predicted molar refractivity (Wildman–Crippen MR) is 95.9 cm³/mol. The van der Waals surface area contributed by atoms with Gasteiger partial charge in [0.15, 0.2) is 5.78 Å². The SMILES string of the molecule is CC(C)=CCC/C(C)=C/CC(=O)C(O)C(C)CCC=C(C)C. The van der Waals surface area contributed by atoms with Gasteiger partial charge in [0.25, 0.3) is 0 Å². The minimum Gasteiger partial charge on any atom is -0.385 e. The van der Waals surface area contributed by atoms with Gasteiger partial charge in [-0.2, -0.15) is 0 Å². The molecule has 0 aromatic carbocycles. The van der Waals surface area contributed by atoms with Gasteiger partial charge < -0.3 is 5.11 Å². The first-order valence-corrected chi connectivity index (χ1v) is 8.37. The first kappa shape index (κ1) is 20.9. The molecule has 0 saturated carbocycles. The Balaban J connectivity index is 4.23. The predicted octanol–water partition coefficient (Wildman–Crippen LogP) is 5.38. The van der Waals surface area contributed by atoms with E-state index in [-0.39, 0.29) is 11.7 Å². The molecule has 0 aromatic heterocycles. The summed E-state index contributed by atoms with van der Waals surface area (Å²) in [5.41, 5.74) is 3.82. The highest BCUT2D eigenvalue weighted by atomic mass is 16.3. The van der Waals surface area contributed by atoms with E-state index in [9.17, 15) is 9.90 Å². The van der Waals surface area contributed by atoms with Gasteiger partial charge in [0, 0.05) is 6.42 Å². The maximum Gasteiger partial charge on any atom is 0.165 e. The van der Waals surface area contributed by atoms with Gasteiger partial charge >= 0.3 is 0 Å². The van der Waals surface area contributed by atoms with Crippen molar-refractivity contribution in [2.24, 2.45) is 5.92 Å². The lowest BCUT2D eigenvalue weighted by Gasteiger charge is -2.16. The van der Waals surface area contributed by atoms with E-state index in [0.29, 0.717) is 6.42 Å². The molecule has 2 atom stereocenters. The van der Waals surface area contributed by atoms with Gasteiger partial charge in [0.1, 0.15) is 6.10 Å². The van der Waals surface area contributed by atoms with Crippen LogP contribution in [0.25, 0.3) is 0 Å². The standard InChI is InChI=1S/C20H34O2/c1-15(2)9-7-11-17(5)13-14-19(21)20(22)18(6)12-8-10-16(3)4/h9-10,13,18,20,22H,7-8,11-12,14H2,1-6H3/b17-13+. The number of aliphatic hydroxyl groups is 1. The summed E-state index contributed by atoms with van der Waals surface area (Å²) in [4.78, 5) is 12.0. The zero-order valence-corrected chi connectivity index (χ0v) is 15.3. The molecular weight excluding hydrogens is 272 g/mol. The second-order valence-electron chi connectivity index (χ2n) is 6.82. The van der Waals surface area contributed by atoms with Crippen molar-refractivity contribution in [2.45, 2.75) is 79.8 Å². The van der Waals surface area contributed by atoms with Crippen molar-refractivity contribution >= 4 is 5.78 Å². The van der Waals surface area contributed by atoms with Crippen molar-refractivity contribution in [3.05, 3.63) is 34.9 Å². The van der Waals surface area contributed by atoms with Crippen molar-refractivity contribution in [3.8, 4) is 0 Å². The molecule has 2 heteroatoms. The minimum absolute atomic E-state index is 0.0162. The van der Waals surface area contributed by atoms with Crippen LogP contribution in [0.4, 0.5) is 0 Å². The monoisotopic (exact) mass is 306 g/mol. The van der Waals surface area contributed by atoms with Crippen molar-refractivity contribution in [1.82, 2.24) is 0 Å². The molecule has 22 heavy (non-hydrogen) atoms. The van der Waals surface area contributed by atoms with Crippen molar-refractivity contribution < 1.29 is 9.90 Å². The van der Waals surface area contributed by atoms with Gasteiger partial charge in [-0.25, -0.2) is 0 Å². The summed E-state index contributed by atoms with van der Waals surface area (Å²) >= 11 is 0. The molecule has 0 radical (unpaired) electrons. The van der Waals surface area contributed by atoms with Crippen LogP contribution in [0.3, 0.4) is 0 Å². The zero-order chi connectivity index (χ0) is 17.1. The highest BCUT2D eigenvalue weighted by Gasteiger charge is 2.20. The molecule has 1 N–H and O–H groups in total. The van der Waals surface area contributed by atoms with E-state index in [4.69, 9.17) is 0 Å². The Morgan fingerprint density at radius 2 is 1.50 bits per heavy atom. The number of hydrogen-bond donors (Lipinski definition) is 1. The lowest BCUT2D eigenvalue weighted by molar-refractivity contribution is -0.128. The minimum atomic E-state index is -0.840. The molecule has 2 nitrogen and oxygen atoms in total. The number of carbonyl (C=O) groups is 1. The number of carbonyl (C=O) groups excluding carboxylic acids is 1. The first-order valence-electron chi connectivity index (χ1n) is 8.37. The number of Topliss-reactive ketones (excluding diaryl/α,β-unsaturated/α-hetero) is 1. The highest BCUT2D eigenvalue weighted by molar-refractivity contribution is 5.84. The topological polar surface area (TPSA) is 37.3 Å². The molecule has 0 heterocycles. The summed E-state index contributed by atoms with van der Waals surface area (Å²) in [6, 6.07) is 0. The van der Waals surface area contributed by atoms with Crippen molar-refractivity contribution in [1.29, 1.82) is 0 Å². The van der Waals surface area contributed by atoms with Crippen LogP contribution in [0.1, 0.15) is 73.6 Å². The third-order valence-corrected chi connectivity index (χ3v) is 3.79. The fourth-order valence-electron chi connectivity index (χ4n) is 2.20. The third kappa shape index (κ3) is 10.6. The van der Waals surface area contributed by atoms with E-state index in [0.717, 1.165) is 25.7 Å². The van der Waals surface area contributed by atoms with Crippen LogP contribution in [0.15, 0.2) is 34.9 Å². The van der Waals surface area contributed by atoms with E-state index >= 15 is 0 Å². The Kier molecular flexibility index (Phi) is 10.8. The maximum absolute atomic E-state index is 12.0. The van der Waals surface area contributed by atoms with Gasteiger partial charge in [-0.05, 0) is 66.2 Å². The molecule has 2 unspecified atom stereocenters. The molecule has 0 aromatic rings. The van der Waals surface area contributed by atoms with Gasteiger partial charge in [-0.1, -0.05) is 41.9 Å². The maximum atomic E-state index is 12.0. The first-order chi connectivity index (χ1) is 10.2. The number of ketones is 1. The van der Waals surface area contributed by atoms with Gasteiger partial charge in [-0.15, -0.1) is 0 Å². The zero-order valence-electron chi connectivity index (χ0n) is 15.3. The Morgan fingerprint density at radius 1 is 0.955 bits per heavy atom. The van der Waals surface area contributed by atoms with Crippen molar-refractivity contribution in [2.75, 3.05) is 0 Å². The molecule has 0 fully saturated rings. The molecule has 0 aliphatic heterocycles. The number of allylic oxidation sites excluding steroid dienone is 6. The van der Waals surface area contributed by atoms with Crippen LogP contribution in [0, 0.1) is 5.92 Å². The Bertz CT molecular complexity index is 419. The molecule has 0 bridgehead atoms. The molecular formula is C20H34O2. The average Bonchev–Trinajstić information content (AvgIpc) is 2.42. The molecule has 126 valence electrons. The summed E-state index contributed by atoms with van der Waals surface area (Å²) in [7, 11) is 0. The van der Waals surface area contributed by atoms with Crippen LogP contribution in [0.5, 0.6) is 0 Å². The van der Waals surface area contributed by atoms with Crippen LogP contribution >= 0.6 is 0 Å². The lowest BCUT2D eigenvalue weighted by atomic mass is 9.93. The van der Waals surface area contributed by atoms with Crippen LogP contribution in [-0.2, 0) is 4.79 Å². The van der Waals surface area contributed by atoms with Crippen LogP contribution < -0.4 is 0 Å². The average molecular weight is 306 g/mol. The summed E-state index contributed by atoms with van der Waals surface area (Å²) in [5.74, 6) is -0.0475. The second kappa shape index (κ2) is 11.4. The van der Waals surface area contributed by atoms with Gasteiger partial charge in [0.2, 0.25) is 0 Å². The molecule has 0 aliphatic carbocycles. The van der Waals surface area contributed by atoms with E-state index in [1.807, 2.05) is 13.0 Å². The number of rotatable bonds is 10.